The van der Waals surface area contributed by atoms with Crippen LogP contribution in [0.4, 0.5) is 4.79 Å². The number of nitrogens with one attached hydrogen (secondary N) is 1. The van der Waals surface area contributed by atoms with Crippen LogP contribution in [0.1, 0.15) is 37.3 Å². The number of piperidine rings is 1. The maximum atomic E-state index is 12.0. The number of carbonyl (C=O) groups is 3. The number of hydrogen-bond acceptors (Lipinski definition) is 6. The summed E-state index contributed by atoms with van der Waals surface area (Å²) in [5.74, 6) is -0.525. The first-order chi connectivity index (χ1) is 14.0. The van der Waals surface area contributed by atoms with E-state index in [9.17, 15) is 14.4 Å². The molecule has 0 atom stereocenters. The number of amides is 2. The Morgan fingerprint density at radius 1 is 1.14 bits per heavy atom. The van der Waals surface area contributed by atoms with Crippen molar-refractivity contribution in [2.75, 3.05) is 32.1 Å². The van der Waals surface area contributed by atoms with Crippen molar-refractivity contribution < 1.29 is 23.9 Å². The number of hydrogen-bond donors (Lipinski definition) is 1. The Labute approximate surface area is 175 Å². The van der Waals surface area contributed by atoms with E-state index < -0.39 is 5.97 Å². The van der Waals surface area contributed by atoms with Gasteiger partial charge in [0.2, 0.25) is 0 Å². The Hall–Kier alpha value is -2.22. The number of ether oxygens (including phenoxy) is 2. The third-order valence-electron chi connectivity index (χ3n) is 5.18. The smallest absolute Gasteiger partial charge is 0.409 e. The van der Waals surface area contributed by atoms with Crippen LogP contribution in [0, 0.1) is 0 Å². The van der Waals surface area contributed by atoms with Crippen LogP contribution in [0.25, 0.3) is 0 Å². The highest BCUT2D eigenvalue weighted by Crippen LogP contribution is 2.27. The van der Waals surface area contributed by atoms with Crippen molar-refractivity contribution in [2.24, 2.45) is 0 Å². The van der Waals surface area contributed by atoms with Gasteiger partial charge in [0.05, 0.1) is 12.4 Å². The molecule has 0 unspecified atom stereocenters. The minimum absolute atomic E-state index is 0.0207. The van der Waals surface area contributed by atoms with Crippen LogP contribution >= 0.6 is 11.8 Å². The summed E-state index contributed by atoms with van der Waals surface area (Å²) in [5.41, 5.74) is 2.78. The molecule has 2 amide bonds. The first-order valence-electron chi connectivity index (χ1n) is 10.2. The van der Waals surface area contributed by atoms with E-state index in [0.29, 0.717) is 32.5 Å². The van der Waals surface area contributed by atoms with Gasteiger partial charge < -0.3 is 19.7 Å². The fourth-order valence-corrected chi connectivity index (χ4v) is 4.42. The molecule has 0 bridgehead atoms. The van der Waals surface area contributed by atoms with Gasteiger partial charge >= 0.3 is 12.1 Å². The van der Waals surface area contributed by atoms with E-state index in [1.807, 2.05) is 6.07 Å². The fourth-order valence-electron chi connectivity index (χ4n) is 3.66. The summed E-state index contributed by atoms with van der Waals surface area (Å²) in [4.78, 5) is 38.4. The Kier molecular flexibility index (Phi) is 7.80. The van der Waals surface area contributed by atoms with Crippen LogP contribution < -0.4 is 5.32 Å². The predicted octanol–water partition coefficient (Wildman–Crippen LogP) is 2.55. The number of carbonyl (C=O) groups excluding carboxylic acids is 3. The highest BCUT2D eigenvalue weighted by molar-refractivity contribution is 8.00. The molecule has 1 heterocycles. The van der Waals surface area contributed by atoms with Crippen molar-refractivity contribution in [3.63, 3.8) is 0 Å². The molecule has 1 fully saturated rings. The van der Waals surface area contributed by atoms with Crippen molar-refractivity contribution in [3.05, 3.63) is 29.3 Å². The predicted molar refractivity (Wildman–Crippen MR) is 110 cm³/mol. The summed E-state index contributed by atoms with van der Waals surface area (Å²) in [5, 5.41) is 2.87. The van der Waals surface area contributed by atoms with Gasteiger partial charge in [0, 0.05) is 24.0 Å². The van der Waals surface area contributed by atoms with Gasteiger partial charge in [-0.1, -0.05) is 6.07 Å². The highest BCUT2D eigenvalue weighted by atomic mass is 32.2. The molecule has 1 saturated heterocycles. The van der Waals surface area contributed by atoms with Crippen LogP contribution in [0.2, 0.25) is 0 Å². The van der Waals surface area contributed by atoms with E-state index in [1.165, 1.54) is 29.3 Å². The van der Waals surface area contributed by atoms with Crippen LogP contribution in [0.15, 0.2) is 23.1 Å². The lowest BCUT2D eigenvalue weighted by atomic mass is 10.1. The number of esters is 1. The third-order valence-corrected chi connectivity index (χ3v) is 6.14. The maximum Gasteiger partial charge on any atom is 0.409 e. The molecule has 1 aromatic rings. The lowest BCUT2D eigenvalue weighted by Gasteiger charge is -2.31. The average molecular weight is 421 g/mol. The van der Waals surface area contributed by atoms with E-state index in [-0.39, 0.29) is 30.4 Å². The van der Waals surface area contributed by atoms with Gasteiger partial charge in [0.15, 0.2) is 6.61 Å². The fraction of sp³-hybridized carbons (Fsp3) is 0.571. The molecule has 158 valence electrons. The second-order valence-electron chi connectivity index (χ2n) is 7.26. The van der Waals surface area contributed by atoms with Gasteiger partial charge in [-0.3, -0.25) is 9.59 Å². The molecule has 0 radical (unpaired) electrons. The van der Waals surface area contributed by atoms with E-state index >= 15 is 0 Å². The van der Waals surface area contributed by atoms with Crippen molar-refractivity contribution >= 4 is 29.7 Å². The number of likely N-dealkylation sites (tertiary alicyclic amines) is 1. The molecule has 0 aromatic heterocycles. The van der Waals surface area contributed by atoms with Gasteiger partial charge in [-0.2, -0.15) is 0 Å². The quantitative estimate of drug-likeness (QED) is 0.539. The zero-order chi connectivity index (χ0) is 20.6. The molecular formula is C21H28N2O5S. The summed E-state index contributed by atoms with van der Waals surface area (Å²) >= 11 is 1.43. The molecule has 1 aliphatic heterocycles. The van der Waals surface area contributed by atoms with Gasteiger partial charge in [0.25, 0.3) is 5.91 Å². The van der Waals surface area contributed by atoms with E-state index in [0.717, 1.165) is 17.7 Å². The molecule has 8 heteroatoms. The van der Waals surface area contributed by atoms with Crippen molar-refractivity contribution in [2.45, 2.75) is 50.0 Å². The van der Waals surface area contributed by atoms with E-state index in [1.54, 1.807) is 11.8 Å². The summed E-state index contributed by atoms with van der Waals surface area (Å²) in [7, 11) is 0. The Balaban J connectivity index is 1.31. The Bertz CT molecular complexity index is 747. The second-order valence-corrected chi connectivity index (χ2v) is 8.31. The van der Waals surface area contributed by atoms with E-state index in [4.69, 9.17) is 9.47 Å². The van der Waals surface area contributed by atoms with Crippen molar-refractivity contribution in [1.29, 1.82) is 0 Å². The number of nitrogens with zero attached hydrogens (tertiary/aromatic N) is 1. The van der Waals surface area contributed by atoms with Crippen LogP contribution in [0.5, 0.6) is 0 Å². The first kappa shape index (κ1) is 21.5. The number of thioether (sulfide) groups is 1. The number of aryl methyl sites for hydroxylation is 2. The van der Waals surface area contributed by atoms with Gasteiger partial charge in [0.1, 0.15) is 0 Å². The average Bonchev–Trinajstić information content (AvgIpc) is 3.19. The molecule has 7 nitrogen and oxygen atoms in total. The first-order valence-corrected chi connectivity index (χ1v) is 11.1. The summed E-state index contributed by atoms with van der Waals surface area (Å²) in [6.07, 6.45) is 4.45. The second kappa shape index (κ2) is 10.5. The largest absolute Gasteiger partial charge is 0.455 e. The minimum Gasteiger partial charge on any atom is -0.455 e. The molecule has 0 spiro atoms. The monoisotopic (exact) mass is 420 g/mol. The topological polar surface area (TPSA) is 84.9 Å². The number of benzene rings is 1. The Morgan fingerprint density at radius 3 is 2.66 bits per heavy atom. The number of rotatable bonds is 7. The maximum absolute atomic E-state index is 12.0. The van der Waals surface area contributed by atoms with Gasteiger partial charge in [-0.25, -0.2) is 4.79 Å². The summed E-state index contributed by atoms with van der Waals surface area (Å²) in [6, 6.07) is 6.30. The SMILES string of the molecule is CCOC(=O)N1CCC(NC(=O)COC(=O)CSc2ccc3c(c2)CCC3)CC1. The van der Waals surface area contributed by atoms with Crippen LogP contribution in [-0.4, -0.2) is 61.0 Å². The lowest BCUT2D eigenvalue weighted by Crippen LogP contribution is -2.47. The van der Waals surface area contributed by atoms with E-state index in [2.05, 4.69) is 17.4 Å². The minimum atomic E-state index is -0.400. The zero-order valence-corrected chi connectivity index (χ0v) is 17.6. The molecule has 3 rings (SSSR count). The molecule has 1 aromatic carbocycles. The zero-order valence-electron chi connectivity index (χ0n) is 16.8. The van der Waals surface area contributed by atoms with Gasteiger partial charge in [-0.05, 0) is 62.3 Å². The number of fused-ring (bicyclic) bond motifs is 1. The third kappa shape index (κ3) is 6.39. The molecule has 2 aliphatic rings. The van der Waals surface area contributed by atoms with Crippen molar-refractivity contribution in [3.8, 4) is 0 Å². The lowest BCUT2D eigenvalue weighted by molar-refractivity contribution is -0.146. The van der Waals surface area contributed by atoms with Gasteiger partial charge in [-0.15, -0.1) is 11.8 Å². The molecule has 1 N–H and O–H groups in total. The van der Waals surface area contributed by atoms with Crippen molar-refractivity contribution in [1.82, 2.24) is 10.2 Å². The molecule has 0 saturated carbocycles. The van der Waals surface area contributed by atoms with Crippen LogP contribution in [-0.2, 0) is 31.9 Å². The Morgan fingerprint density at radius 2 is 1.90 bits per heavy atom. The highest BCUT2D eigenvalue weighted by Gasteiger charge is 2.24. The molecule has 29 heavy (non-hydrogen) atoms. The molecular weight excluding hydrogens is 392 g/mol. The molecule has 1 aliphatic carbocycles. The summed E-state index contributed by atoms with van der Waals surface area (Å²) < 4.78 is 10.1. The standard InChI is InChI=1S/C21H28N2O5S/c1-2-27-21(26)23-10-8-17(9-11-23)22-19(24)13-28-20(25)14-29-18-7-6-15-4-3-5-16(15)12-18/h6-7,12,17H,2-5,8-11,13-14H2,1H3,(H,22,24). The normalized spacial score (nSPS) is 16.2. The summed E-state index contributed by atoms with van der Waals surface area (Å²) in [6.45, 7) is 2.94. The van der Waals surface area contributed by atoms with Crippen LogP contribution in [0.3, 0.4) is 0 Å².